The number of ether oxygens (including phenoxy) is 1. The topological polar surface area (TPSA) is 120 Å². The molecule has 8 nitrogen and oxygen atoms in total. The number of carbonyl (C=O) groups is 2. The number of nitrogens with one attached hydrogen (secondary N) is 3. The first kappa shape index (κ1) is 25.5. The molecule has 3 heterocycles. The molecule has 4 N–H and O–H groups in total. The third-order valence-electron chi connectivity index (χ3n) is 6.52. The molecule has 0 aliphatic carbocycles. The zero-order valence-electron chi connectivity index (χ0n) is 20.8. The highest BCUT2D eigenvalue weighted by Gasteiger charge is 2.29. The molecule has 11 heteroatoms. The maximum atomic E-state index is 14.9. The van der Waals surface area contributed by atoms with Gasteiger partial charge in [0.25, 0.3) is 11.1 Å². The van der Waals surface area contributed by atoms with E-state index in [4.69, 9.17) is 4.74 Å². The second-order valence-electron chi connectivity index (χ2n) is 9.27. The summed E-state index contributed by atoms with van der Waals surface area (Å²) in [7, 11) is 0. The molecule has 0 radical (unpaired) electrons. The van der Waals surface area contributed by atoms with E-state index in [-0.39, 0.29) is 16.0 Å². The highest BCUT2D eigenvalue weighted by molar-refractivity contribution is 8.18. The van der Waals surface area contributed by atoms with Crippen LogP contribution in [0.25, 0.3) is 28.4 Å². The molecule has 1 fully saturated rings. The second kappa shape index (κ2) is 9.78. The number of aromatic nitrogens is 3. The number of carbonyl (C=O) groups excluding carboxylic acids is 2. The first-order valence-corrected chi connectivity index (χ1v) is 12.9. The highest BCUT2D eigenvalue weighted by Crippen LogP contribution is 2.35. The highest BCUT2D eigenvalue weighted by atomic mass is 32.2. The number of nitrogens with zero attached hydrogens (tertiary/aromatic N) is 1. The molecular formula is C29H20F2N4O4S. The monoisotopic (exact) mass is 558 g/mol. The Labute approximate surface area is 230 Å². The van der Waals surface area contributed by atoms with E-state index in [2.05, 4.69) is 20.3 Å². The fourth-order valence-corrected chi connectivity index (χ4v) is 5.09. The molecule has 2 amide bonds. The molecule has 1 unspecified atom stereocenters. The van der Waals surface area contributed by atoms with Crippen LogP contribution in [-0.4, -0.2) is 31.2 Å². The molecule has 0 saturated carbocycles. The van der Waals surface area contributed by atoms with Crippen molar-refractivity contribution >= 4 is 39.9 Å². The normalized spacial score (nSPS) is 15.9. The number of thioether (sulfide) groups is 1. The molecule has 6 rings (SSSR count). The minimum atomic E-state index is -1.49. The van der Waals surface area contributed by atoms with Gasteiger partial charge >= 0.3 is 0 Å². The number of H-pyrrole nitrogens is 2. The van der Waals surface area contributed by atoms with Gasteiger partial charge in [0.1, 0.15) is 17.2 Å². The van der Waals surface area contributed by atoms with Crippen LogP contribution in [0.1, 0.15) is 23.7 Å². The van der Waals surface area contributed by atoms with Crippen molar-refractivity contribution in [2.45, 2.75) is 12.5 Å². The molecule has 1 aliphatic rings. The molecule has 40 heavy (non-hydrogen) atoms. The van der Waals surface area contributed by atoms with Gasteiger partial charge in [-0.2, -0.15) is 0 Å². The van der Waals surface area contributed by atoms with Crippen molar-refractivity contribution in [1.82, 2.24) is 20.3 Å². The number of benzene rings is 3. The van der Waals surface area contributed by atoms with E-state index in [1.165, 1.54) is 24.5 Å². The third kappa shape index (κ3) is 4.65. The Bertz CT molecular complexity index is 1840. The number of aromatic amines is 2. The lowest BCUT2D eigenvalue weighted by Gasteiger charge is -2.22. The first-order valence-electron chi connectivity index (χ1n) is 12.1. The summed E-state index contributed by atoms with van der Waals surface area (Å²) in [4.78, 5) is 33.9. The number of aliphatic hydroxyl groups is 1. The van der Waals surface area contributed by atoms with Crippen molar-refractivity contribution in [2.24, 2.45) is 0 Å². The minimum Gasteiger partial charge on any atom is -0.451 e. The van der Waals surface area contributed by atoms with Crippen molar-refractivity contribution in [3.63, 3.8) is 0 Å². The Morgan fingerprint density at radius 3 is 2.70 bits per heavy atom. The van der Waals surface area contributed by atoms with Gasteiger partial charge in [0, 0.05) is 23.2 Å². The van der Waals surface area contributed by atoms with Crippen LogP contribution in [0.2, 0.25) is 0 Å². The lowest BCUT2D eigenvalue weighted by Crippen LogP contribution is -2.23. The summed E-state index contributed by atoms with van der Waals surface area (Å²) < 4.78 is 35.0. The minimum absolute atomic E-state index is 0.197. The summed E-state index contributed by atoms with van der Waals surface area (Å²) in [5.74, 6) is -2.03. The molecule has 2 aromatic heterocycles. The zero-order chi connectivity index (χ0) is 28.0. The largest absolute Gasteiger partial charge is 0.451 e. The van der Waals surface area contributed by atoms with Gasteiger partial charge in [0.15, 0.2) is 17.4 Å². The molecule has 1 saturated heterocycles. The van der Waals surface area contributed by atoms with Crippen LogP contribution in [0.3, 0.4) is 0 Å². The fourth-order valence-electron chi connectivity index (χ4n) is 4.41. The van der Waals surface area contributed by atoms with E-state index < -0.39 is 34.1 Å². The van der Waals surface area contributed by atoms with Crippen molar-refractivity contribution < 1.29 is 28.2 Å². The second-order valence-corrected chi connectivity index (χ2v) is 10.3. The average Bonchev–Trinajstić information content (AvgIpc) is 3.68. The molecule has 5 aromatic rings. The van der Waals surface area contributed by atoms with Crippen LogP contribution in [0.4, 0.5) is 13.6 Å². The van der Waals surface area contributed by atoms with E-state index in [1.807, 2.05) is 0 Å². The van der Waals surface area contributed by atoms with Gasteiger partial charge < -0.3 is 19.8 Å². The van der Waals surface area contributed by atoms with E-state index in [9.17, 15) is 23.5 Å². The Kier molecular flexibility index (Phi) is 6.24. The Morgan fingerprint density at radius 2 is 1.90 bits per heavy atom. The lowest BCUT2D eigenvalue weighted by atomic mass is 9.91. The smallest absolute Gasteiger partial charge is 0.290 e. The van der Waals surface area contributed by atoms with Gasteiger partial charge in [-0.05, 0) is 60.2 Å². The SMILES string of the molecule is CC(O)(c1cccc(/C=C2\SC(=O)NC2=O)c1)c1cnc(-c2cccc(Oc3c(F)cc4[nH]ccc4c3F)c2)[nH]1. The standard InChI is InChI=1S/C29H20F2N4O4S/c1-29(38,17-6-2-4-15(10-17)11-22-27(36)35-28(37)40-22)23-14-33-26(34-23)16-5-3-7-18(12-16)39-25-20(30)13-21-19(24(25)31)8-9-32-21/h2-14,32,38H,1H3,(H,33,34)(H,35,36,37)/b22-11-. The Morgan fingerprint density at radius 1 is 1.07 bits per heavy atom. The number of hydrogen-bond acceptors (Lipinski definition) is 6. The Hall–Kier alpha value is -4.74. The molecular weight excluding hydrogens is 538 g/mol. The third-order valence-corrected chi connectivity index (χ3v) is 7.33. The van der Waals surface area contributed by atoms with Crippen molar-refractivity contribution in [1.29, 1.82) is 0 Å². The van der Waals surface area contributed by atoms with Crippen LogP contribution in [0, 0.1) is 11.6 Å². The molecule has 3 aromatic carbocycles. The number of hydrogen-bond donors (Lipinski definition) is 4. The first-order chi connectivity index (χ1) is 19.2. The van der Waals surface area contributed by atoms with Crippen molar-refractivity contribution in [3.8, 4) is 22.9 Å². The van der Waals surface area contributed by atoms with Crippen LogP contribution in [0.15, 0.2) is 78.0 Å². The van der Waals surface area contributed by atoms with E-state index in [0.29, 0.717) is 33.7 Å². The number of fused-ring (bicyclic) bond motifs is 1. The van der Waals surface area contributed by atoms with Crippen LogP contribution in [0.5, 0.6) is 11.5 Å². The summed E-state index contributed by atoms with van der Waals surface area (Å²) in [6, 6.07) is 16.2. The summed E-state index contributed by atoms with van der Waals surface area (Å²) in [6.07, 6.45) is 4.59. The molecule has 0 spiro atoms. The van der Waals surface area contributed by atoms with Gasteiger partial charge in [-0.3, -0.25) is 14.9 Å². The van der Waals surface area contributed by atoms with Gasteiger partial charge in [0.05, 0.1) is 22.3 Å². The van der Waals surface area contributed by atoms with Crippen molar-refractivity contribution in [2.75, 3.05) is 0 Å². The molecule has 1 atom stereocenters. The van der Waals surface area contributed by atoms with Gasteiger partial charge in [0.2, 0.25) is 0 Å². The Balaban J connectivity index is 1.26. The quantitative estimate of drug-likeness (QED) is 0.184. The van der Waals surface area contributed by atoms with E-state index >= 15 is 0 Å². The molecule has 1 aliphatic heterocycles. The number of imide groups is 1. The van der Waals surface area contributed by atoms with E-state index in [1.54, 1.807) is 61.5 Å². The fraction of sp³-hybridized carbons (Fsp3) is 0.0690. The number of amides is 2. The van der Waals surface area contributed by atoms with Gasteiger partial charge in [-0.15, -0.1) is 0 Å². The van der Waals surface area contributed by atoms with Crippen LogP contribution in [-0.2, 0) is 10.4 Å². The number of halogens is 2. The van der Waals surface area contributed by atoms with Crippen LogP contribution < -0.4 is 10.1 Å². The maximum absolute atomic E-state index is 14.9. The molecule has 0 bridgehead atoms. The van der Waals surface area contributed by atoms with Crippen molar-refractivity contribution in [3.05, 3.63) is 106 Å². The summed E-state index contributed by atoms with van der Waals surface area (Å²) in [5.41, 5.74) is 0.938. The number of imidazole rings is 1. The van der Waals surface area contributed by atoms with Gasteiger partial charge in [-0.25, -0.2) is 13.8 Å². The predicted octanol–water partition coefficient (Wildman–Crippen LogP) is 6.21. The zero-order valence-corrected chi connectivity index (χ0v) is 21.6. The predicted molar refractivity (Wildman–Crippen MR) is 147 cm³/mol. The lowest BCUT2D eigenvalue weighted by molar-refractivity contribution is -0.115. The summed E-state index contributed by atoms with van der Waals surface area (Å²) in [5, 5.41) is 13.4. The van der Waals surface area contributed by atoms with Gasteiger partial charge in [-0.1, -0.05) is 30.3 Å². The average molecular weight is 559 g/mol. The number of rotatable bonds is 6. The molecule has 200 valence electrons. The summed E-state index contributed by atoms with van der Waals surface area (Å²) in [6.45, 7) is 1.60. The van der Waals surface area contributed by atoms with E-state index in [0.717, 1.165) is 11.8 Å². The summed E-state index contributed by atoms with van der Waals surface area (Å²) >= 11 is 0.813. The maximum Gasteiger partial charge on any atom is 0.290 e. The van der Waals surface area contributed by atoms with Crippen LogP contribution >= 0.6 is 11.8 Å².